The van der Waals surface area contributed by atoms with E-state index in [1.807, 2.05) is 0 Å². The van der Waals surface area contributed by atoms with Crippen LogP contribution in [0.1, 0.15) is 37.5 Å². The molecule has 1 aliphatic carbocycles. The molecule has 0 radical (unpaired) electrons. The van der Waals surface area contributed by atoms with E-state index >= 15 is 0 Å². The normalized spacial score (nSPS) is 15.8. The lowest BCUT2D eigenvalue weighted by atomic mass is 9.91. The Balaban J connectivity index is 2.14. The summed E-state index contributed by atoms with van der Waals surface area (Å²) in [5, 5.41) is 5.53. The second-order valence-corrected chi connectivity index (χ2v) is 7.42. The highest BCUT2D eigenvalue weighted by molar-refractivity contribution is 5.98. The zero-order valence-electron chi connectivity index (χ0n) is 15.7. The van der Waals surface area contributed by atoms with Gasteiger partial charge in [-0.3, -0.25) is 0 Å². The van der Waals surface area contributed by atoms with Crippen LogP contribution in [0.15, 0.2) is 42.5 Å². The van der Waals surface area contributed by atoms with E-state index in [1.165, 1.54) is 49.0 Å². The quantitative estimate of drug-likeness (QED) is 0.624. The van der Waals surface area contributed by atoms with E-state index in [4.69, 9.17) is 0 Å². The number of aryl methyl sites for hydroxylation is 3. The molecule has 25 heavy (non-hydrogen) atoms. The molecule has 0 aromatic heterocycles. The first kappa shape index (κ1) is 16.1. The van der Waals surface area contributed by atoms with E-state index in [0.717, 1.165) is 12.8 Å². The van der Waals surface area contributed by atoms with E-state index in [-0.39, 0.29) is 0 Å². The average molecular weight is 326 g/mol. The van der Waals surface area contributed by atoms with Gasteiger partial charge < -0.3 is 0 Å². The van der Waals surface area contributed by atoms with Crippen molar-refractivity contribution in [2.24, 2.45) is 5.92 Å². The average Bonchev–Trinajstić information content (AvgIpc) is 2.98. The smallest absolute Gasteiger partial charge is 0.00297 e. The summed E-state index contributed by atoms with van der Waals surface area (Å²) in [5.41, 5.74) is 6.98. The van der Waals surface area contributed by atoms with Gasteiger partial charge in [0.2, 0.25) is 0 Å². The molecule has 0 fully saturated rings. The van der Waals surface area contributed by atoms with Crippen molar-refractivity contribution in [3.63, 3.8) is 0 Å². The van der Waals surface area contributed by atoms with Crippen molar-refractivity contribution >= 4 is 22.9 Å². The predicted octanol–water partition coefficient (Wildman–Crippen LogP) is 5.15. The Morgan fingerprint density at radius 3 is 2.24 bits per heavy atom. The summed E-state index contributed by atoms with van der Waals surface area (Å²) >= 11 is 0. The lowest BCUT2D eigenvalue weighted by Gasteiger charge is -2.13. The van der Waals surface area contributed by atoms with Crippen LogP contribution >= 0.6 is 0 Å². The summed E-state index contributed by atoms with van der Waals surface area (Å²) in [6.07, 6.45) is 6.98. The van der Waals surface area contributed by atoms with Gasteiger partial charge in [0, 0.05) is 0 Å². The molecule has 1 unspecified atom stereocenters. The fourth-order valence-corrected chi connectivity index (χ4v) is 4.10. The number of fused-ring (bicyclic) bond motifs is 2. The maximum atomic E-state index is 2.42. The zero-order chi connectivity index (χ0) is 17.6. The minimum absolute atomic E-state index is 0.506. The van der Waals surface area contributed by atoms with Crippen LogP contribution in [-0.2, 0) is 12.8 Å². The molecule has 1 atom stereocenters. The number of rotatable bonds is 3. The van der Waals surface area contributed by atoms with Crippen molar-refractivity contribution < 1.29 is 0 Å². The first-order valence-corrected chi connectivity index (χ1v) is 9.49. The lowest BCUT2D eigenvalue weighted by molar-refractivity contribution is 1.07. The second kappa shape index (κ2) is 6.19. The largest absolute Gasteiger partial charge is 0.0700 e. The van der Waals surface area contributed by atoms with Crippen LogP contribution in [0, 0.1) is 12.8 Å². The van der Waals surface area contributed by atoms with E-state index in [2.05, 4.69) is 82.3 Å². The molecule has 0 heterocycles. The Morgan fingerprint density at radius 1 is 0.840 bits per heavy atom. The van der Waals surface area contributed by atoms with E-state index in [9.17, 15) is 0 Å². The molecule has 0 amide bonds. The third-order valence-electron chi connectivity index (χ3n) is 5.40. The van der Waals surface area contributed by atoms with Crippen LogP contribution in [0.25, 0.3) is 34.1 Å². The van der Waals surface area contributed by atoms with Crippen LogP contribution in [0.5, 0.6) is 0 Å². The van der Waals surface area contributed by atoms with Gasteiger partial charge in [0.25, 0.3) is 0 Å². The van der Waals surface area contributed by atoms with Gasteiger partial charge in [0.05, 0.1) is 0 Å². The third-order valence-corrected chi connectivity index (χ3v) is 5.40. The minimum Gasteiger partial charge on any atom is -0.0700 e. The first-order valence-electron chi connectivity index (χ1n) is 9.49. The molecule has 0 heteroatoms. The van der Waals surface area contributed by atoms with Crippen molar-refractivity contribution in [3.05, 3.63) is 69.6 Å². The van der Waals surface area contributed by atoms with Crippen LogP contribution in [0.3, 0.4) is 0 Å². The molecular formula is C25H26. The van der Waals surface area contributed by atoms with Crippen molar-refractivity contribution in [1.82, 2.24) is 0 Å². The summed E-state index contributed by atoms with van der Waals surface area (Å²) in [5.74, 6) is 0.506. The fourth-order valence-electron chi connectivity index (χ4n) is 4.10. The molecule has 0 saturated carbocycles. The molecule has 0 saturated heterocycles. The molecule has 0 bridgehead atoms. The Bertz CT molecular complexity index is 1060. The fraction of sp³-hybridized carbons (Fsp3) is 0.280. The summed E-state index contributed by atoms with van der Waals surface area (Å²) in [6, 6.07) is 16.4. The molecule has 0 N–H and O–H groups in total. The maximum Gasteiger partial charge on any atom is -0.00297 e. The van der Waals surface area contributed by atoms with Crippen LogP contribution < -0.4 is 10.4 Å². The molecule has 4 rings (SSSR count). The first-order chi connectivity index (χ1) is 12.1. The summed E-state index contributed by atoms with van der Waals surface area (Å²) in [7, 11) is 0. The van der Waals surface area contributed by atoms with Crippen molar-refractivity contribution in [1.29, 1.82) is 0 Å². The molecule has 3 aromatic carbocycles. The molecule has 0 aliphatic heterocycles. The highest BCUT2D eigenvalue weighted by Gasteiger charge is 2.13. The molecule has 1 aliphatic rings. The van der Waals surface area contributed by atoms with Gasteiger partial charge in [-0.1, -0.05) is 74.9 Å². The Labute approximate surface area is 150 Å². The summed E-state index contributed by atoms with van der Waals surface area (Å²) < 4.78 is 0. The Hall–Kier alpha value is -2.34. The minimum atomic E-state index is 0.506. The van der Waals surface area contributed by atoms with Gasteiger partial charge in [-0.25, -0.2) is 0 Å². The highest BCUT2D eigenvalue weighted by atomic mass is 14.2. The molecule has 3 aromatic rings. The topological polar surface area (TPSA) is 0 Å². The third kappa shape index (κ3) is 2.80. The number of hydrogen-bond acceptors (Lipinski definition) is 0. The Kier molecular flexibility index (Phi) is 4.00. The standard InChI is InChI=1S/C25H26/c1-5-18-12-19(6-2)14-22(13-18)25-23-8-7-16(3)9-20(23)15-21-10-17(4)11-24(21)25/h7-15,17H,5-6H2,1-4H3. The van der Waals surface area contributed by atoms with Gasteiger partial charge in [-0.05, 0) is 75.2 Å². The van der Waals surface area contributed by atoms with E-state index in [0.29, 0.717) is 5.92 Å². The second-order valence-electron chi connectivity index (χ2n) is 7.42. The van der Waals surface area contributed by atoms with Crippen LogP contribution in [0.2, 0.25) is 0 Å². The SMILES string of the molecule is CCc1cc(CC)cc(-c2c3c(cc4cc(C)ccc24)=CC(C)C=3)c1. The molecule has 0 spiro atoms. The van der Waals surface area contributed by atoms with E-state index < -0.39 is 0 Å². The van der Waals surface area contributed by atoms with Gasteiger partial charge in [-0.2, -0.15) is 0 Å². The highest BCUT2D eigenvalue weighted by Crippen LogP contribution is 2.28. The summed E-state index contributed by atoms with van der Waals surface area (Å²) in [4.78, 5) is 0. The molecule has 0 nitrogen and oxygen atoms in total. The van der Waals surface area contributed by atoms with Gasteiger partial charge in [0.1, 0.15) is 0 Å². The van der Waals surface area contributed by atoms with Gasteiger partial charge in [-0.15, -0.1) is 0 Å². The van der Waals surface area contributed by atoms with Crippen LogP contribution in [0.4, 0.5) is 0 Å². The lowest BCUT2D eigenvalue weighted by Crippen LogP contribution is -2.24. The zero-order valence-corrected chi connectivity index (χ0v) is 15.7. The van der Waals surface area contributed by atoms with Crippen molar-refractivity contribution in [2.45, 2.75) is 40.5 Å². The molecular weight excluding hydrogens is 300 g/mol. The number of hydrogen-bond donors (Lipinski definition) is 0. The Morgan fingerprint density at radius 2 is 1.56 bits per heavy atom. The molecule has 126 valence electrons. The van der Waals surface area contributed by atoms with Crippen molar-refractivity contribution in [3.8, 4) is 11.1 Å². The number of benzene rings is 3. The van der Waals surface area contributed by atoms with Crippen molar-refractivity contribution in [2.75, 3.05) is 0 Å². The summed E-state index contributed by atoms with van der Waals surface area (Å²) in [6.45, 7) is 8.95. The monoisotopic (exact) mass is 326 g/mol. The maximum absolute atomic E-state index is 2.42. The predicted molar refractivity (Wildman–Crippen MR) is 110 cm³/mol. The van der Waals surface area contributed by atoms with Gasteiger partial charge in [0.15, 0.2) is 0 Å². The van der Waals surface area contributed by atoms with Gasteiger partial charge >= 0.3 is 0 Å². The van der Waals surface area contributed by atoms with Crippen LogP contribution in [-0.4, -0.2) is 0 Å². The van der Waals surface area contributed by atoms with E-state index in [1.54, 1.807) is 0 Å².